The minimum Gasteiger partial charge on any atom is -0.396 e. The van der Waals surface area contributed by atoms with Crippen molar-refractivity contribution >= 4 is 11.6 Å². The summed E-state index contributed by atoms with van der Waals surface area (Å²) in [5.74, 6) is -0.434. The van der Waals surface area contributed by atoms with Gasteiger partial charge in [-0.25, -0.2) is 4.39 Å². The van der Waals surface area contributed by atoms with Crippen LogP contribution < -0.4 is 4.90 Å². The molecule has 0 radical (unpaired) electrons. The number of hydrogen-bond donors (Lipinski definition) is 1. The largest absolute Gasteiger partial charge is 0.396 e. The molecule has 0 aliphatic carbocycles. The lowest BCUT2D eigenvalue weighted by molar-refractivity contribution is -0.126. The van der Waals surface area contributed by atoms with Crippen LogP contribution in [0.15, 0.2) is 24.3 Å². The number of carbonyl (C=O) groups is 1. The number of nitrogens with zero attached hydrogens (tertiary/aromatic N) is 2. The standard InChI is InChI=1S/C14H19FN2O2/c1-10-9-16(2)13(6-7-18)14(19)17(10)12-5-3-4-11(15)8-12/h3-5,8,10,13,18H,6-7,9H2,1-2H3. The van der Waals surface area contributed by atoms with Crippen molar-refractivity contribution in [1.29, 1.82) is 0 Å². The molecule has 0 saturated carbocycles. The van der Waals surface area contributed by atoms with Crippen LogP contribution in [0.1, 0.15) is 13.3 Å². The Hall–Kier alpha value is -1.46. The molecule has 0 bridgehead atoms. The smallest absolute Gasteiger partial charge is 0.244 e. The van der Waals surface area contributed by atoms with E-state index in [-0.39, 0.29) is 30.4 Å². The maximum absolute atomic E-state index is 13.3. The van der Waals surface area contributed by atoms with Crippen molar-refractivity contribution in [3.05, 3.63) is 30.1 Å². The minimum absolute atomic E-state index is 0.0192. The molecule has 1 amide bonds. The molecule has 1 aliphatic heterocycles. The maximum atomic E-state index is 13.3. The van der Waals surface area contributed by atoms with Crippen LogP contribution in [0.3, 0.4) is 0 Å². The summed E-state index contributed by atoms with van der Waals surface area (Å²) in [6.45, 7) is 2.60. The molecule has 19 heavy (non-hydrogen) atoms. The number of aliphatic hydroxyl groups is 1. The van der Waals surface area contributed by atoms with Crippen molar-refractivity contribution < 1.29 is 14.3 Å². The van der Waals surface area contributed by atoms with Gasteiger partial charge in [-0.3, -0.25) is 9.69 Å². The fourth-order valence-electron chi connectivity index (χ4n) is 2.67. The topological polar surface area (TPSA) is 43.8 Å². The Morgan fingerprint density at radius 2 is 2.21 bits per heavy atom. The summed E-state index contributed by atoms with van der Waals surface area (Å²) in [6.07, 6.45) is 0.397. The Labute approximate surface area is 112 Å². The lowest BCUT2D eigenvalue weighted by Gasteiger charge is -2.43. The zero-order chi connectivity index (χ0) is 14.0. The van der Waals surface area contributed by atoms with Crippen LogP contribution in [0.4, 0.5) is 10.1 Å². The zero-order valence-electron chi connectivity index (χ0n) is 11.2. The number of rotatable bonds is 3. The van der Waals surface area contributed by atoms with Crippen molar-refractivity contribution in [2.24, 2.45) is 0 Å². The van der Waals surface area contributed by atoms with E-state index in [1.165, 1.54) is 12.1 Å². The second-order valence-corrected chi connectivity index (χ2v) is 5.00. The van der Waals surface area contributed by atoms with Gasteiger partial charge in [0.1, 0.15) is 5.82 Å². The van der Waals surface area contributed by atoms with Gasteiger partial charge in [-0.2, -0.15) is 0 Å². The SMILES string of the molecule is CC1CN(C)C(CCO)C(=O)N1c1cccc(F)c1. The Balaban J connectivity index is 2.30. The molecule has 1 aromatic carbocycles. The Morgan fingerprint density at radius 1 is 1.47 bits per heavy atom. The summed E-state index contributed by atoms with van der Waals surface area (Å²) in [5, 5.41) is 9.06. The molecule has 2 atom stereocenters. The van der Waals surface area contributed by atoms with E-state index in [0.717, 1.165) is 0 Å². The summed E-state index contributed by atoms with van der Waals surface area (Å²) < 4.78 is 13.3. The molecule has 1 heterocycles. The number of piperazine rings is 1. The van der Waals surface area contributed by atoms with Gasteiger partial charge in [0.05, 0.1) is 6.04 Å². The summed E-state index contributed by atoms with van der Waals surface area (Å²) in [6, 6.07) is 5.71. The van der Waals surface area contributed by atoms with Gasteiger partial charge >= 0.3 is 0 Å². The summed E-state index contributed by atoms with van der Waals surface area (Å²) in [7, 11) is 1.87. The molecular formula is C14H19FN2O2. The Bertz CT molecular complexity index is 467. The Kier molecular flexibility index (Phi) is 4.17. The monoisotopic (exact) mass is 266 g/mol. The first-order valence-electron chi connectivity index (χ1n) is 6.44. The molecular weight excluding hydrogens is 247 g/mol. The third-order valence-electron chi connectivity index (χ3n) is 3.54. The average Bonchev–Trinajstić information content (AvgIpc) is 2.34. The fraction of sp³-hybridized carbons (Fsp3) is 0.500. The molecule has 4 nitrogen and oxygen atoms in total. The van der Waals surface area contributed by atoms with Gasteiger partial charge in [0.15, 0.2) is 0 Å². The first kappa shape index (κ1) is 14.0. The molecule has 1 saturated heterocycles. The van der Waals surface area contributed by atoms with Crippen molar-refractivity contribution in [1.82, 2.24) is 4.90 Å². The normalized spacial score (nSPS) is 24.8. The highest BCUT2D eigenvalue weighted by Crippen LogP contribution is 2.25. The van der Waals surface area contributed by atoms with Crippen LogP contribution in [0.25, 0.3) is 0 Å². The van der Waals surface area contributed by atoms with Crippen LogP contribution in [-0.4, -0.2) is 48.2 Å². The van der Waals surface area contributed by atoms with Crippen LogP contribution >= 0.6 is 0 Å². The first-order valence-corrected chi connectivity index (χ1v) is 6.44. The summed E-state index contributed by atoms with van der Waals surface area (Å²) >= 11 is 0. The zero-order valence-corrected chi connectivity index (χ0v) is 11.2. The molecule has 0 spiro atoms. The van der Waals surface area contributed by atoms with Gasteiger partial charge in [0, 0.05) is 24.9 Å². The van der Waals surface area contributed by atoms with E-state index < -0.39 is 0 Å². The molecule has 1 N–H and O–H groups in total. The lowest BCUT2D eigenvalue weighted by Crippen LogP contribution is -2.60. The second kappa shape index (κ2) is 5.67. The van der Waals surface area contributed by atoms with E-state index in [0.29, 0.717) is 18.7 Å². The molecule has 1 aliphatic rings. The van der Waals surface area contributed by atoms with Gasteiger partial charge in [-0.05, 0) is 38.6 Å². The van der Waals surface area contributed by atoms with Crippen LogP contribution in [0.5, 0.6) is 0 Å². The van der Waals surface area contributed by atoms with Crippen LogP contribution in [0.2, 0.25) is 0 Å². The predicted octanol–water partition coefficient (Wildman–Crippen LogP) is 1.24. The van der Waals surface area contributed by atoms with Gasteiger partial charge in [-0.1, -0.05) is 6.07 Å². The van der Waals surface area contributed by atoms with Crippen molar-refractivity contribution in [2.75, 3.05) is 25.1 Å². The van der Waals surface area contributed by atoms with Gasteiger partial charge in [-0.15, -0.1) is 0 Å². The van der Waals surface area contributed by atoms with Gasteiger partial charge in [0.25, 0.3) is 0 Å². The number of aliphatic hydroxyl groups excluding tert-OH is 1. The minimum atomic E-state index is -0.352. The molecule has 1 fully saturated rings. The Morgan fingerprint density at radius 3 is 2.84 bits per heavy atom. The number of carbonyl (C=O) groups excluding carboxylic acids is 1. The molecule has 5 heteroatoms. The third-order valence-corrected chi connectivity index (χ3v) is 3.54. The number of halogens is 1. The molecule has 1 aromatic rings. The van der Waals surface area contributed by atoms with Crippen LogP contribution in [0, 0.1) is 5.82 Å². The second-order valence-electron chi connectivity index (χ2n) is 5.00. The van der Waals surface area contributed by atoms with E-state index in [2.05, 4.69) is 0 Å². The fourth-order valence-corrected chi connectivity index (χ4v) is 2.67. The van der Waals surface area contributed by atoms with E-state index in [1.54, 1.807) is 17.0 Å². The van der Waals surface area contributed by atoms with Gasteiger partial charge in [0.2, 0.25) is 5.91 Å². The highest BCUT2D eigenvalue weighted by molar-refractivity contribution is 5.98. The molecule has 104 valence electrons. The number of benzene rings is 1. The molecule has 0 aromatic heterocycles. The van der Waals surface area contributed by atoms with Crippen molar-refractivity contribution in [3.63, 3.8) is 0 Å². The summed E-state index contributed by atoms with van der Waals surface area (Å²) in [4.78, 5) is 16.1. The number of amides is 1. The average molecular weight is 266 g/mol. The quantitative estimate of drug-likeness (QED) is 0.895. The molecule has 2 rings (SSSR count). The van der Waals surface area contributed by atoms with E-state index in [9.17, 15) is 9.18 Å². The summed E-state index contributed by atoms with van der Waals surface area (Å²) in [5.41, 5.74) is 0.577. The van der Waals surface area contributed by atoms with E-state index in [1.807, 2.05) is 18.9 Å². The third kappa shape index (κ3) is 2.77. The van der Waals surface area contributed by atoms with Crippen molar-refractivity contribution in [3.8, 4) is 0 Å². The highest BCUT2D eigenvalue weighted by Gasteiger charge is 2.37. The number of anilines is 1. The number of likely N-dealkylation sites (N-methyl/N-ethyl adjacent to an activating group) is 1. The lowest BCUT2D eigenvalue weighted by atomic mass is 10.0. The number of hydrogen-bond acceptors (Lipinski definition) is 3. The van der Waals surface area contributed by atoms with E-state index >= 15 is 0 Å². The first-order chi connectivity index (χ1) is 9.04. The van der Waals surface area contributed by atoms with E-state index in [4.69, 9.17) is 5.11 Å². The van der Waals surface area contributed by atoms with Crippen LogP contribution in [-0.2, 0) is 4.79 Å². The van der Waals surface area contributed by atoms with Gasteiger partial charge < -0.3 is 10.0 Å². The van der Waals surface area contributed by atoms with Crippen molar-refractivity contribution in [2.45, 2.75) is 25.4 Å². The maximum Gasteiger partial charge on any atom is 0.244 e. The molecule has 2 unspecified atom stereocenters. The predicted molar refractivity (Wildman–Crippen MR) is 71.5 cm³/mol. The highest BCUT2D eigenvalue weighted by atomic mass is 19.1.